The highest BCUT2D eigenvalue weighted by molar-refractivity contribution is 8.03. The summed E-state index contributed by atoms with van der Waals surface area (Å²) in [6, 6.07) is 2.07. The zero-order valence-electron chi connectivity index (χ0n) is 13.9. The molecule has 3 nitrogen and oxygen atoms in total. The van der Waals surface area contributed by atoms with Gasteiger partial charge >= 0.3 is 0 Å². The van der Waals surface area contributed by atoms with Crippen LogP contribution in [0.2, 0.25) is 0 Å². The van der Waals surface area contributed by atoms with Gasteiger partial charge in [-0.25, -0.2) is 4.39 Å². The van der Waals surface area contributed by atoms with Gasteiger partial charge in [-0.15, -0.1) is 11.8 Å². The van der Waals surface area contributed by atoms with Crippen LogP contribution in [0.1, 0.15) is 48.3 Å². The topological polar surface area (TPSA) is 36.1 Å². The molecular weight excluding hydrogens is 311 g/mol. The fraction of sp³-hybridized carbons (Fsp3) is 0.611. The van der Waals surface area contributed by atoms with Crippen LogP contribution in [0.5, 0.6) is 0 Å². The van der Waals surface area contributed by atoms with E-state index in [0.717, 1.165) is 43.6 Å². The van der Waals surface area contributed by atoms with Gasteiger partial charge in [0.1, 0.15) is 6.17 Å². The molecule has 1 aromatic heterocycles. The van der Waals surface area contributed by atoms with Crippen LogP contribution in [-0.4, -0.2) is 35.7 Å². The van der Waals surface area contributed by atoms with E-state index in [2.05, 4.69) is 22.0 Å². The Bertz CT molecular complexity index is 655. The Labute approximate surface area is 141 Å². The fourth-order valence-electron chi connectivity index (χ4n) is 3.45. The molecule has 1 N–H and O–H groups in total. The van der Waals surface area contributed by atoms with Crippen molar-refractivity contribution >= 4 is 11.8 Å². The lowest BCUT2D eigenvalue weighted by atomic mass is 10.0. The van der Waals surface area contributed by atoms with Crippen molar-refractivity contribution in [3.05, 3.63) is 44.2 Å². The summed E-state index contributed by atoms with van der Waals surface area (Å²) in [5, 5.41) is 0.373. The minimum Gasteiger partial charge on any atom is -0.326 e. The molecule has 3 rings (SSSR count). The van der Waals surface area contributed by atoms with Gasteiger partial charge in [0.15, 0.2) is 0 Å². The maximum Gasteiger partial charge on any atom is 0.251 e. The van der Waals surface area contributed by atoms with E-state index < -0.39 is 6.17 Å². The molecule has 2 atom stereocenters. The number of nitrogens with one attached hydrogen (secondary N) is 1. The van der Waals surface area contributed by atoms with Gasteiger partial charge in [0.25, 0.3) is 5.56 Å². The number of aryl methyl sites for hydroxylation is 2. The van der Waals surface area contributed by atoms with Crippen LogP contribution in [-0.2, 0) is 6.42 Å². The first-order valence-electron chi connectivity index (χ1n) is 8.51. The second-order valence-electron chi connectivity index (χ2n) is 6.54. The SMILES string of the molecule is CCc1cc(C2CC=C(CN3CCCC(F)C3)S2)c(C)[nH]c1=O. The van der Waals surface area contributed by atoms with Crippen molar-refractivity contribution in [1.29, 1.82) is 0 Å². The number of hydrogen-bond donors (Lipinski definition) is 1. The van der Waals surface area contributed by atoms with Gasteiger partial charge in [-0.3, -0.25) is 9.69 Å². The van der Waals surface area contributed by atoms with E-state index >= 15 is 0 Å². The average molecular weight is 336 g/mol. The number of alkyl halides is 1. The second-order valence-corrected chi connectivity index (χ2v) is 7.87. The van der Waals surface area contributed by atoms with E-state index in [1.54, 1.807) is 0 Å². The van der Waals surface area contributed by atoms with E-state index in [-0.39, 0.29) is 5.56 Å². The van der Waals surface area contributed by atoms with Crippen LogP contribution in [0.3, 0.4) is 0 Å². The van der Waals surface area contributed by atoms with E-state index in [0.29, 0.717) is 18.2 Å². The van der Waals surface area contributed by atoms with Crippen molar-refractivity contribution in [3.63, 3.8) is 0 Å². The van der Waals surface area contributed by atoms with Crippen LogP contribution in [0.15, 0.2) is 21.8 Å². The summed E-state index contributed by atoms with van der Waals surface area (Å²) in [6.07, 6.45) is 5.03. The fourth-order valence-corrected chi connectivity index (χ4v) is 4.83. The number of allylic oxidation sites excluding steroid dienone is 1. The summed E-state index contributed by atoms with van der Waals surface area (Å²) < 4.78 is 13.5. The van der Waals surface area contributed by atoms with Crippen molar-refractivity contribution in [3.8, 4) is 0 Å². The molecule has 0 aromatic carbocycles. The molecular formula is C18H25FN2OS. The van der Waals surface area contributed by atoms with Crippen LogP contribution in [0.25, 0.3) is 0 Å². The minimum absolute atomic E-state index is 0.0345. The summed E-state index contributed by atoms with van der Waals surface area (Å²) >= 11 is 1.87. The lowest BCUT2D eigenvalue weighted by molar-refractivity contribution is 0.149. The first kappa shape index (κ1) is 16.8. The molecule has 2 aliphatic rings. The number of likely N-dealkylation sites (tertiary alicyclic amines) is 1. The minimum atomic E-state index is -0.667. The molecule has 2 unspecified atom stereocenters. The van der Waals surface area contributed by atoms with Gasteiger partial charge in [-0.2, -0.15) is 0 Å². The largest absolute Gasteiger partial charge is 0.326 e. The number of rotatable bonds is 4. The molecule has 0 bridgehead atoms. The van der Waals surface area contributed by atoms with Crippen molar-refractivity contribution in [1.82, 2.24) is 9.88 Å². The Morgan fingerprint density at radius 2 is 2.30 bits per heavy atom. The summed E-state index contributed by atoms with van der Waals surface area (Å²) in [5.74, 6) is 0. The third kappa shape index (κ3) is 3.89. The Morgan fingerprint density at radius 1 is 1.48 bits per heavy atom. The van der Waals surface area contributed by atoms with Gasteiger partial charge in [0.05, 0.1) is 0 Å². The Hall–Kier alpha value is -1.07. The van der Waals surface area contributed by atoms with Crippen molar-refractivity contribution in [2.24, 2.45) is 0 Å². The highest BCUT2D eigenvalue weighted by Crippen LogP contribution is 2.44. The predicted octanol–water partition coefficient (Wildman–Crippen LogP) is 3.74. The highest BCUT2D eigenvalue weighted by Gasteiger charge is 2.25. The third-order valence-corrected chi connectivity index (χ3v) is 6.09. The van der Waals surface area contributed by atoms with Gasteiger partial charge in [-0.05, 0) is 55.7 Å². The number of thioether (sulfide) groups is 1. The van der Waals surface area contributed by atoms with E-state index in [9.17, 15) is 9.18 Å². The molecule has 0 amide bonds. The number of nitrogens with zero attached hydrogens (tertiary/aromatic N) is 1. The van der Waals surface area contributed by atoms with Crippen molar-refractivity contribution < 1.29 is 4.39 Å². The number of halogens is 1. The van der Waals surface area contributed by atoms with E-state index in [4.69, 9.17) is 0 Å². The molecule has 23 heavy (non-hydrogen) atoms. The first-order chi connectivity index (χ1) is 11.1. The molecule has 1 saturated heterocycles. The number of pyridine rings is 1. The molecule has 0 saturated carbocycles. The maximum absolute atomic E-state index is 13.5. The second kappa shape index (κ2) is 7.22. The molecule has 0 aliphatic carbocycles. The van der Waals surface area contributed by atoms with Crippen molar-refractivity contribution in [2.75, 3.05) is 19.6 Å². The average Bonchev–Trinajstić information content (AvgIpc) is 2.95. The molecule has 1 fully saturated rings. The zero-order chi connectivity index (χ0) is 16.4. The number of hydrogen-bond acceptors (Lipinski definition) is 3. The molecule has 0 spiro atoms. The summed E-state index contributed by atoms with van der Waals surface area (Å²) in [5.41, 5.74) is 3.10. The zero-order valence-corrected chi connectivity index (χ0v) is 14.7. The van der Waals surface area contributed by atoms with Gasteiger partial charge < -0.3 is 4.98 Å². The van der Waals surface area contributed by atoms with Crippen LogP contribution in [0.4, 0.5) is 4.39 Å². The van der Waals surface area contributed by atoms with Crippen LogP contribution < -0.4 is 5.56 Å². The highest BCUT2D eigenvalue weighted by atomic mass is 32.2. The van der Waals surface area contributed by atoms with Gasteiger partial charge in [0, 0.05) is 29.6 Å². The molecule has 1 aromatic rings. The number of H-pyrrole nitrogens is 1. The molecule has 126 valence electrons. The number of aromatic amines is 1. The van der Waals surface area contributed by atoms with E-state index in [1.807, 2.05) is 25.6 Å². The number of aromatic nitrogens is 1. The van der Waals surface area contributed by atoms with Gasteiger partial charge in [-0.1, -0.05) is 13.0 Å². The maximum atomic E-state index is 13.5. The molecule has 5 heteroatoms. The molecule has 3 heterocycles. The van der Waals surface area contributed by atoms with Crippen LogP contribution >= 0.6 is 11.8 Å². The Balaban J connectivity index is 1.66. The third-order valence-electron chi connectivity index (χ3n) is 4.76. The van der Waals surface area contributed by atoms with Gasteiger partial charge in [0.2, 0.25) is 0 Å². The predicted molar refractivity (Wildman–Crippen MR) is 94.8 cm³/mol. The monoisotopic (exact) mass is 336 g/mol. The smallest absolute Gasteiger partial charge is 0.251 e. The summed E-state index contributed by atoms with van der Waals surface area (Å²) in [6.45, 7) is 6.43. The standard InChI is InChI=1S/C18H25FN2OS/c1-3-13-9-16(12(2)20-18(13)22)17-7-6-15(23-17)11-21-8-4-5-14(19)10-21/h6,9,14,17H,3-5,7-8,10-11H2,1-2H3,(H,20,22). The van der Waals surface area contributed by atoms with Crippen LogP contribution in [0, 0.1) is 6.92 Å². The first-order valence-corrected chi connectivity index (χ1v) is 9.39. The van der Waals surface area contributed by atoms with E-state index in [1.165, 1.54) is 10.5 Å². The Kier molecular flexibility index (Phi) is 5.27. The van der Waals surface area contributed by atoms with Crippen molar-refractivity contribution in [2.45, 2.75) is 51.0 Å². The quantitative estimate of drug-likeness (QED) is 0.910. The molecule has 2 aliphatic heterocycles. The lowest BCUT2D eigenvalue weighted by Crippen LogP contribution is -2.37. The summed E-state index contributed by atoms with van der Waals surface area (Å²) in [7, 11) is 0. The summed E-state index contributed by atoms with van der Waals surface area (Å²) in [4.78, 5) is 18.4. The lowest BCUT2D eigenvalue weighted by Gasteiger charge is -2.29. The normalized spacial score (nSPS) is 25.6. The Morgan fingerprint density at radius 3 is 3.04 bits per heavy atom. The molecule has 0 radical (unpaired) electrons. The number of piperidine rings is 1.